The number of aliphatic hydroxyl groups excluding tert-OH is 1. The molecule has 0 spiro atoms. The highest BCUT2D eigenvalue weighted by Crippen LogP contribution is 2.58. The molecule has 0 aromatic heterocycles. The van der Waals surface area contributed by atoms with E-state index in [1.54, 1.807) is 0 Å². The van der Waals surface area contributed by atoms with Crippen LogP contribution in [0.15, 0.2) is 59.4 Å². The summed E-state index contributed by atoms with van der Waals surface area (Å²) in [5, 5.41) is 17.7. The second kappa shape index (κ2) is 11.3. The smallest absolute Gasteiger partial charge is 0.0682 e. The Labute approximate surface area is 234 Å². The lowest BCUT2D eigenvalue weighted by atomic mass is 9.97. The van der Waals surface area contributed by atoms with Crippen molar-refractivity contribution in [3.63, 3.8) is 0 Å². The molecule has 3 aromatic carbocycles. The van der Waals surface area contributed by atoms with Gasteiger partial charge >= 0.3 is 0 Å². The largest absolute Gasteiger partial charge is 0.392 e. The number of fused-ring (bicyclic) bond motifs is 2. The van der Waals surface area contributed by atoms with E-state index >= 15 is 0 Å². The molecule has 176 valence electrons. The molecule has 1 N–H and O–H groups in total. The van der Waals surface area contributed by atoms with Crippen LogP contribution in [-0.4, -0.2) is 30.1 Å². The van der Waals surface area contributed by atoms with E-state index in [0.717, 1.165) is 5.56 Å². The normalized spacial score (nSPS) is 16.7. The standard InChI is InChI=1S/C25H22OS8/c1-27-22-23(28-2)32-20(31-22)18-14-7-5-6-8-15(14)19(17-11-13(12-26)9-10-16(17)18)21-33-24(29-3)25(30-4)34-21/h5-11,26H,12H2,1-4H3. The molecule has 5 rings (SSSR count). The Morgan fingerprint density at radius 1 is 0.588 bits per heavy atom. The van der Waals surface area contributed by atoms with Gasteiger partial charge in [-0.05, 0) is 58.2 Å². The predicted octanol–water partition coefficient (Wildman–Crippen LogP) is 8.28. The van der Waals surface area contributed by atoms with Crippen molar-refractivity contribution in [2.45, 2.75) is 6.61 Å². The van der Waals surface area contributed by atoms with Crippen molar-refractivity contribution < 1.29 is 5.11 Å². The fraction of sp³-hybridized carbons (Fsp3) is 0.200. The molecular weight excluding hydrogens is 573 g/mol. The third-order valence-corrected chi connectivity index (χ3v) is 15.9. The minimum absolute atomic E-state index is 0.0480. The summed E-state index contributed by atoms with van der Waals surface area (Å²) in [6.45, 7) is 0.0480. The van der Waals surface area contributed by atoms with Crippen LogP contribution in [0.5, 0.6) is 0 Å². The lowest BCUT2D eigenvalue weighted by molar-refractivity contribution is 0.282. The van der Waals surface area contributed by atoms with Crippen LogP contribution < -0.4 is 10.4 Å². The third-order valence-electron chi connectivity index (χ3n) is 5.50. The van der Waals surface area contributed by atoms with Gasteiger partial charge in [0.15, 0.2) is 0 Å². The van der Waals surface area contributed by atoms with Gasteiger partial charge in [-0.2, -0.15) is 0 Å². The van der Waals surface area contributed by atoms with Crippen LogP contribution in [0.25, 0.3) is 30.0 Å². The molecule has 2 heterocycles. The molecule has 0 saturated carbocycles. The third kappa shape index (κ3) is 4.63. The molecule has 0 radical (unpaired) electrons. The Morgan fingerprint density at radius 2 is 1.00 bits per heavy atom. The molecule has 0 fully saturated rings. The first kappa shape index (κ1) is 25.8. The topological polar surface area (TPSA) is 20.2 Å². The molecule has 0 unspecified atom stereocenters. The maximum absolute atomic E-state index is 9.98. The summed E-state index contributed by atoms with van der Waals surface area (Å²) < 4.78 is 8.21. The van der Waals surface area contributed by atoms with Gasteiger partial charge < -0.3 is 5.11 Å². The van der Waals surface area contributed by atoms with Crippen molar-refractivity contribution in [1.29, 1.82) is 0 Å². The Balaban J connectivity index is 1.93. The maximum Gasteiger partial charge on any atom is 0.0682 e. The second-order valence-corrected chi connectivity index (χ2v) is 16.2. The molecule has 34 heavy (non-hydrogen) atoms. The lowest BCUT2D eigenvalue weighted by Gasteiger charge is -2.12. The minimum atomic E-state index is 0.0480. The van der Waals surface area contributed by atoms with Gasteiger partial charge in [0.05, 0.1) is 32.0 Å². The molecular formula is C25H22OS8. The van der Waals surface area contributed by atoms with Gasteiger partial charge in [-0.3, -0.25) is 0 Å². The monoisotopic (exact) mass is 594 g/mol. The number of thioether (sulfide) groups is 8. The quantitative estimate of drug-likeness (QED) is 0.292. The van der Waals surface area contributed by atoms with Gasteiger partial charge in [0, 0.05) is 10.4 Å². The van der Waals surface area contributed by atoms with Crippen LogP contribution >= 0.6 is 94.1 Å². The van der Waals surface area contributed by atoms with E-state index in [1.165, 1.54) is 57.4 Å². The van der Waals surface area contributed by atoms with Gasteiger partial charge in [0.25, 0.3) is 0 Å². The first-order valence-corrected chi connectivity index (χ1v) is 18.5. The van der Waals surface area contributed by atoms with E-state index in [-0.39, 0.29) is 6.61 Å². The predicted molar refractivity (Wildman–Crippen MR) is 172 cm³/mol. The maximum atomic E-state index is 9.98. The van der Waals surface area contributed by atoms with Crippen LogP contribution in [0, 0.1) is 0 Å². The molecule has 0 saturated heterocycles. The molecule has 0 atom stereocenters. The van der Waals surface area contributed by atoms with Crippen LogP contribution in [0.3, 0.4) is 0 Å². The average Bonchev–Trinajstić information content (AvgIpc) is 3.50. The molecule has 1 nitrogen and oxygen atoms in total. The zero-order chi connectivity index (χ0) is 23.8. The molecule has 0 aliphatic carbocycles. The van der Waals surface area contributed by atoms with E-state index in [9.17, 15) is 5.11 Å². The summed E-state index contributed by atoms with van der Waals surface area (Å²) in [6.07, 6.45) is 8.66. The van der Waals surface area contributed by atoms with Gasteiger partial charge in [-0.15, -0.1) is 47.0 Å². The van der Waals surface area contributed by atoms with Gasteiger partial charge in [-0.25, -0.2) is 0 Å². The highest BCUT2D eigenvalue weighted by Gasteiger charge is 2.25. The summed E-state index contributed by atoms with van der Waals surface area (Å²) in [5.74, 6) is 0. The number of hydrogen-bond donors (Lipinski definition) is 1. The molecule has 9 heteroatoms. The molecule has 0 bridgehead atoms. The zero-order valence-corrected chi connectivity index (χ0v) is 25.5. The number of benzene rings is 3. The van der Waals surface area contributed by atoms with E-state index in [1.807, 2.05) is 94.1 Å². The molecule has 0 amide bonds. The Bertz CT molecular complexity index is 1450. The summed E-state index contributed by atoms with van der Waals surface area (Å²) in [7, 11) is 0. The summed E-state index contributed by atoms with van der Waals surface area (Å²) in [4.78, 5) is 0. The van der Waals surface area contributed by atoms with Crippen molar-refractivity contribution in [2.75, 3.05) is 25.0 Å². The van der Waals surface area contributed by atoms with E-state index in [4.69, 9.17) is 0 Å². The van der Waals surface area contributed by atoms with Gasteiger partial charge in [0.2, 0.25) is 0 Å². The Kier molecular flexibility index (Phi) is 8.55. The fourth-order valence-corrected chi connectivity index (χ4v) is 14.3. The summed E-state index contributed by atoms with van der Waals surface area (Å²) in [6, 6.07) is 15.4. The number of hydrogen-bond acceptors (Lipinski definition) is 9. The SMILES string of the molecule is CSC1=C(SC)SC(=c2c3ccccc3c(=C3SC(SC)=C(SC)S3)c3cc(CO)ccc23)S1. The first-order valence-electron chi connectivity index (χ1n) is 10.3. The van der Waals surface area contributed by atoms with Crippen LogP contribution in [-0.2, 0) is 6.61 Å². The molecule has 3 aromatic rings. The Morgan fingerprint density at radius 3 is 1.41 bits per heavy atom. The van der Waals surface area contributed by atoms with Gasteiger partial charge in [-0.1, -0.05) is 83.4 Å². The van der Waals surface area contributed by atoms with Crippen molar-refractivity contribution in [3.8, 4) is 0 Å². The summed E-state index contributed by atoms with van der Waals surface area (Å²) >= 11 is 14.9. The second-order valence-electron chi connectivity index (χ2n) is 7.28. The lowest BCUT2D eigenvalue weighted by Crippen LogP contribution is -2.17. The van der Waals surface area contributed by atoms with Gasteiger partial charge in [0.1, 0.15) is 0 Å². The Hall–Kier alpha value is 0.160. The highest BCUT2D eigenvalue weighted by atomic mass is 32.3. The summed E-state index contributed by atoms with van der Waals surface area (Å²) in [5.41, 5.74) is 0.955. The minimum Gasteiger partial charge on any atom is -0.392 e. The average molecular weight is 595 g/mol. The highest BCUT2D eigenvalue weighted by molar-refractivity contribution is 8.46. The van der Waals surface area contributed by atoms with Crippen LogP contribution in [0.2, 0.25) is 0 Å². The van der Waals surface area contributed by atoms with Crippen molar-refractivity contribution in [3.05, 3.63) is 75.4 Å². The van der Waals surface area contributed by atoms with Crippen LogP contribution in [0.1, 0.15) is 5.56 Å². The van der Waals surface area contributed by atoms with Crippen molar-refractivity contribution in [2.24, 2.45) is 0 Å². The number of rotatable bonds is 5. The van der Waals surface area contributed by atoms with E-state index in [2.05, 4.69) is 67.5 Å². The fourth-order valence-electron chi connectivity index (χ4n) is 4.01. The number of aliphatic hydroxyl groups is 1. The van der Waals surface area contributed by atoms with Crippen molar-refractivity contribution in [1.82, 2.24) is 0 Å². The first-order chi connectivity index (χ1) is 16.6. The molecule has 2 aliphatic rings. The molecule has 2 aliphatic heterocycles. The van der Waals surface area contributed by atoms with Crippen LogP contribution in [0.4, 0.5) is 0 Å². The zero-order valence-electron chi connectivity index (χ0n) is 19.0. The van der Waals surface area contributed by atoms with Crippen molar-refractivity contribution >= 4 is 124 Å². The van der Waals surface area contributed by atoms with E-state index < -0.39 is 0 Å². The van der Waals surface area contributed by atoms with E-state index in [0.29, 0.717) is 0 Å².